The number of aromatic nitrogens is 2. The van der Waals surface area contributed by atoms with E-state index in [0.29, 0.717) is 6.54 Å². The van der Waals surface area contributed by atoms with Crippen LogP contribution in [0.3, 0.4) is 0 Å². The highest BCUT2D eigenvalue weighted by Gasteiger charge is 2.23. The SMILES string of the molecule is Cn1cc(CCNC(=O)C2CCc3ccccc3N2)cn1. The lowest BCUT2D eigenvalue weighted by Gasteiger charge is -2.26. The van der Waals surface area contributed by atoms with E-state index in [4.69, 9.17) is 0 Å². The second kappa shape index (κ2) is 5.99. The third-order valence-corrected chi connectivity index (χ3v) is 3.84. The number of benzene rings is 1. The first-order valence-corrected chi connectivity index (χ1v) is 7.32. The molecule has 0 bridgehead atoms. The minimum atomic E-state index is -0.131. The number of para-hydroxylation sites is 1. The van der Waals surface area contributed by atoms with Crippen molar-refractivity contribution >= 4 is 11.6 Å². The van der Waals surface area contributed by atoms with Crippen LogP contribution in [0.1, 0.15) is 17.5 Å². The average molecular weight is 284 g/mol. The van der Waals surface area contributed by atoms with Crippen molar-refractivity contribution in [3.63, 3.8) is 0 Å². The molecule has 3 rings (SSSR count). The van der Waals surface area contributed by atoms with Gasteiger partial charge < -0.3 is 10.6 Å². The molecule has 21 heavy (non-hydrogen) atoms. The topological polar surface area (TPSA) is 59.0 Å². The normalized spacial score (nSPS) is 16.9. The number of anilines is 1. The number of fused-ring (bicyclic) bond motifs is 1. The van der Waals surface area contributed by atoms with E-state index in [1.54, 1.807) is 4.68 Å². The van der Waals surface area contributed by atoms with Crippen LogP contribution in [0, 0.1) is 0 Å². The first-order chi connectivity index (χ1) is 10.2. The van der Waals surface area contributed by atoms with E-state index in [2.05, 4.69) is 21.8 Å². The molecule has 1 aliphatic heterocycles. The zero-order valence-corrected chi connectivity index (χ0v) is 12.2. The van der Waals surface area contributed by atoms with Crippen LogP contribution in [-0.2, 0) is 24.7 Å². The number of carbonyl (C=O) groups is 1. The first-order valence-electron chi connectivity index (χ1n) is 7.32. The summed E-state index contributed by atoms with van der Waals surface area (Å²) in [6.07, 6.45) is 6.41. The van der Waals surface area contributed by atoms with Gasteiger partial charge in [-0.25, -0.2) is 0 Å². The molecule has 0 saturated carbocycles. The molecule has 0 aliphatic carbocycles. The molecule has 1 aromatic heterocycles. The summed E-state index contributed by atoms with van der Waals surface area (Å²) in [5.74, 6) is 0.0772. The Kier molecular flexibility index (Phi) is 3.90. The quantitative estimate of drug-likeness (QED) is 0.894. The van der Waals surface area contributed by atoms with Crippen LogP contribution < -0.4 is 10.6 Å². The molecule has 2 heterocycles. The molecule has 1 amide bonds. The maximum absolute atomic E-state index is 12.2. The van der Waals surface area contributed by atoms with Gasteiger partial charge in [-0.3, -0.25) is 9.48 Å². The summed E-state index contributed by atoms with van der Waals surface area (Å²) < 4.78 is 1.77. The molecule has 1 aromatic carbocycles. The van der Waals surface area contributed by atoms with Gasteiger partial charge in [-0.15, -0.1) is 0 Å². The largest absolute Gasteiger partial charge is 0.373 e. The lowest BCUT2D eigenvalue weighted by Crippen LogP contribution is -2.42. The number of aryl methyl sites for hydroxylation is 2. The van der Waals surface area contributed by atoms with Crippen LogP contribution in [0.4, 0.5) is 5.69 Å². The fraction of sp³-hybridized carbons (Fsp3) is 0.375. The Labute approximate surface area is 124 Å². The highest BCUT2D eigenvalue weighted by atomic mass is 16.2. The summed E-state index contributed by atoms with van der Waals surface area (Å²) in [5.41, 5.74) is 3.51. The number of nitrogens with zero attached hydrogens (tertiary/aromatic N) is 2. The van der Waals surface area contributed by atoms with Crippen molar-refractivity contribution in [3.8, 4) is 0 Å². The Morgan fingerprint density at radius 3 is 3.14 bits per heavy atom. The Morgan fingerprint density at radius 1 is 1.48 bits per heavy atom. The summed E-state index contributed by atoms with van der Waals surface area (Å²) in [6.45, 7) is 0.643. The molecule has 2 aromatic rings. The predicted octanol–water partition coefficient (Wildman–Crippen LogP) is 1.51. The van der Waals surface area contributed by atoms with Crippen LogP contribution in [0.15, 0.2) is 36.7 Å². The predicted molar refractivity (Wildman–Crippen MR) is 82.1 cm³/mol. The number of hydrogen-bond acceptors (Lipinski definition) is 3. The second-order valence-electron chi connectivity index (χ2n) is 5.46. The van der Waals surface area contributed by atoms with Gasteiger partial charge in [-0.2, -0.15) is 5.10 Å². The van der Waals surface area contributed by atoms with Crippen molar-refractivity contribution in [2.24, 2.45) is 7.05 Å². The molecular formula is C16H20N4O. The third kappa shape index (κ3) is 3.24. The number of rotatable bonds is 4. The molecule has 1 unspecified atom stereocenters. The maximum Gasteiger partial charge on any atom is 0.242 e. The highest BCUT2D eigenvalue weighted by Crippen LogP contribution is 2.24. The van der Waals surface area contributed by atoms with Crippen molar-refractivity contribution in [2.75, 3.05) is 11.9 Å². The third-order valence-electron chi connectivity index (χ3n) is 3.84. The zero-order valence-electron chi connectivity index (χ0n) is 12.2. The van der Waals surface area contributed by atoms with E-state index < -0.39 is 0 Å². The molecule has 1 aliphatic rings. The van der Waals surface area contributed by atoms with E-state index in [-0.39, 0.29) is 11.9 Å². The van der Waals surface area contributed by atoms with Gasteiger partial charge in [0.15, 0.2) is 0 Å². The molecule has 0 radical (unpaired) electrons. The summed E-state index contributed by atoms with van der Waals surface area (Å²) in [6, 6.07) is 8.04. The Balaban J connectivity index is 1.50. The van der Waals surface area contributed by atoms with E-state index in [1.807, 2.05) is 37.6 Å². The molecule has 0 fully saturated rings. The van der Waals surface area contributed by atoms with Crippen LogP contribution >= 0.6 is 0 Å². The molecule has 5 nitrogen and oxygen atoms in total. The summed E-state index contributed by atoms with van der Waals surface area (Å²) in [5, 5.41) is 10.4. The lowest BCUT2D eigenvalue weighted by molar-refractivity contribution is -0.122. The molecular weight excluding hydrogens is 264 g/mol. The van der Waals surface area contributed by atoms with E-state index in [1.165, 1.54) is 5.56 Å². The summed E-state index contributed by atoms with van der Waals surface area (Å²) >= 11 is 0. The Bertz CT molecular complexity index is 635. The minimum Gasteiger partial charge on any atom is -0.373 e. The molecule has 0 saturated heterocycles. The highest BCUT2D eigenvalue weighted by molar-refractivity contribution is 5.85. The zero-order chi connectivity index (χ0) is 14.7. The minimum absolute atomic E-state index is 0.0772. The van der Waals surface area contributed by atoms with E-state index in [9.17, 15) is 4.79 Å². The smallest absolute Gasteiger partial charge is 0.242 e. The van der Waals surface area contributed by atoms with Gasteiger partial charge in [0.2, 0.25) is 5.91 Å². The van der Waals surface area contributed by atoms with Crippen molar-refractivity contribution < 1.29 is 4.79 Å². The standard InChI is InChI=1S/C16H20N4O/c1-20-11-12(10-18-20)8-9-17-16(21)15-7-6-13-4-2-3-5-14(13)19-15/h2-5,10-11,15,19H,6-9H2,1H3,(H,17,21). The molecule has 0 spiro atoms. The first kappa shape index (κ1) is 13.7. The van der Waals surface area contributed by atoms with Crippen LogP contribution in [-0.4, -0.2) is 28.3 Å². The fourth-order valence-corrected chi connectivity index (χ4v) is 2.69. The van der Waals surface area contributed by atoms with Gasteiger partial charge in [-0.05, 0) is 36.5 Å². The molecule has 5 heteroatoms. The van der Waals surface area contributed by atoms with Gasteiger partial charge in [0.1, 0.15) is 6.04 Å². The van der Waals surface area contributed by atoms with E-state index >= 15 is 0 Å². The molecule has 2 N–H and O–H groups in total. The summed E-state index contributed by atoms with van der Waals surface area (Å²) in [4.78, 5) is 12.2. The Hall–Kier alpha value is -2.30. The number of hydrogen-bond donors (Lipinski definition) is 2. The van der Waals surface area contributed by atoms with Crippen molar-refractivity contribution in [3.05, 3.63) is 47.8 Å². The van der Waals surface area contributed by atoms with Crippen LogP contribution in [0.25, 0.3) is 0 Å². The van der Waals surface area contributed by atoms with Crippen molar-refractivity contribution in [2.45, 2.75) is 25.3 Å². The number of carbonyl (C=O) groups excluding carboxylic acids is 1. The van der Waals surface area contributed by atoms with Gasteiger partial charge >= 0.3 is 0 Å². The monoisotopic (exact) mass is 284 g/mol. The second-order valence-corrected chi connectivity index (χ2v) is 5.46. The van der Waals surface area contributed by atoms with E-state index in [0.717, 1.165) is 30.5 Å². The van der Waals surface area contributed by atoms with Gasteiger partial charge in [0.05, 0.1) is 6.20 Å². The lowest BCUT2D eigenvalue weighted by atomic mass is 9.98. The van der Waals surface area contributed by atoms with Crippen LogP contribution in [0.2, 0.25) is 0 Å². The number of nitrogens with one attached hydrogen (secondary N) is 2. The van der Waals surface area contributed by atoms with Gasteiger partial charge in [0, 0.05) is 25.5 Å². The number of amides is 1. The van der Waals surface area contributed by atoms with Gasteiger partial charge in [-0.1, -0.05) is 18.2 Å². The fourth-order valence-electron chi connectivity index (χ4n) is 2.69. The molecule has 1 atom stereocenters. The van der Waals surface area contributed by atoms with Crippen LogP contribution in [0.5, 0.6) is 0 Å². The van der Waals surface area contributed by atoms with Gasteiger partial charge in [0.25, 0.3) is 0 Å². The maximum atomic E-state index is 12.2. The van der Waals surface area contributed by atoms with Crippen molar-refractivity contribution in [1.82, 2.24) is 15.1 Å². The molecule has 110 valence electrons. The Morgan fingerprint density at radius 2 is 2.33 bits per heavy atom. The van der Waals surface area contributed by atoms with Crippen molar-refractivity contribution in [1.29, 1.82) is 0 Å². The summed E-state index contributed by atoms with van der Waals surface area (Å²) in [7, 11) is 1.89. The average Bonchev–Trinajstić information content (AvgIpc) is 2.92.